The maximum absolute atomic E-state index is 11.7. The van der Waals surface area contributed by atoms with Crippen molar-refractivity contribution in [1.82, 2.24) is 15.2 Å². The molecule has 188 valence electrons. The lowest BCUT2D eigenvalue weighted by Crippen LogP contribution is -2.40. The van der Waals surface area contributed by atoms with Crippen LogP contribution in [0.1, 0.15) is 54.4 Å². The Morgan fingerprint density at radius 1 is 1.24 bits per heavy atom. The second-order valence-electron chi connectivity index (χ2n) is 8.72. The number of carbonyl (C=O) groups excluding carboxylic acids is 1. The zero-order valence-electron chi connectivity index (χ0n) is 21.9. The molecule has 5 N–H and O–H groups in total. The fourth-order valence-corrected chi connectivity index (χ4v) is 3.26. The van der Waals surface area contributed by atoms with Crippen molar-refractivity contribution in [3.63, 3.8) is 0 Å². The third kappa shape index (κ3) is 12.5. The molecule has 0 rings (SSSR count). The number of rotatable bonds is 14. The summed E-state index contributed by atoms with van der Waals surface area (Å²) in [4.78, 5) is 17.9. The Labute approximate surface area is 200 Å². The second-order valence-corrected chi connectivity index (χ2v) is 8.72. The van der Waals surface area contributed by atoms with Gasteiger partial charge < -0.3 is 20.7 Å². The van der Waals surface area contributed by atoms with Crippen molar-refractivity contribution in [2.75, 3.05) is 40.3 Å². The maximum Gasteiger partial charge on any atom is 0.219 e. The van der Waals surface area contributed by atoms with Crippen LogP contribution in [0.2, 0.25) is 0 Å². The predicted octanol–water partition coefficient (Wildman–Crippen LogP) is 2.91. The van der Waals surface area contributed by atoms with Crippen LogP contribution in [0.3, 0.4) is 0 Å². The number of nitrogens with zero attached hydrogens (tertiary/aromatic N) is 3. The third-order valence-electron chi connectivity index (χ3n) is 5.25. The molecule has 0 saturated carbocycles. The number of aliphatic hydroxyl groups excluding tert-OH is 1. The minimum Gasteiger partial charge on any atom is -0.395 e. The van der Waals surface area contributed by atoms with E-state index in [-0.39, 0.29) is 31.0 Å². The summed E-state index contributed by atoms with van der Waals surface area (Å²) in [6.45, 7) is 13.0. The molecule has 0 saturated heterocycles. The van der Waals surface area contributed by atoms with Gasteiger partial charge >= 0.3 is 0 Å². The van der Waals surface area contributed by atoms with Crippen molar-refractivity contribution < 1.29 is 9.90 Å². The molecule has 1 amide bonds. The molecule has 0 radical (unpaired) electrons. The van der Waals surface area contributed by atoms with Crippen LogP contribution in [0.5, 0.6) is 0 Å². The van der Waals surface area contributed by atoms with Crippen LogP contribution in [-0.4, -0.2) is 78.8 Å². The number of nitrogens with two attached hydrogens (primary N) is 1. The Morgan fingerprint density at radius 3 is 2.36 bits per heavy atom. The summed E-state index contributed by atoms with van der Waals surface area (Å²) in [7, 11) is 3.57. The van der Waals surface area contributed by atoms with Crippen molar-refractivity contribution in [1.29, 1.82) is 5.41 Å². The van der Waals surface area contributed by atoms with Crippen molar-refractivity contribution in [2.45, 2.75) is 60.4 Å². The molecule has 0 aliphatic rings. The van der Waals surface area contributed by atoms with Gasteiger partial charge in [0.1, 0.15) is 5.84 Å². The van der Waals surface area contributed by atoms with Crippen LogP contribution in [0.25, 0.3) is 0 Å². The molecular weight excluding hydrogens is 416 g/mol. The molecule has 0 aromatic carbocycles. The lowest BCUT2D eigenvalue weighted by atomic mass is 9.97. The lowest BCUT2D eigenvalue weighted by Gasteiger charge is -2.25. The van der Waals surface area contributed by atoms with Crippen LogP contribution in [0, 0.1) is 11.3 Å². The fraction of sp³-hybridized carbons (Fsp3) is 0.640. The number of hydrogen-bond donors (Lipinski definition) is 4. The molecule has 0 bridgehead atoms. The van der Waals surface area contributed by atoms with Gasteiger partial charge in [-0.3, -0.25) is 15.6 Å². The average molecular weight is 463 g/mol. The third-order valence-corrected chi connectivity index (χ3v) is 5.25. The Balaban J connectivity index is 6.01. The van der Waals surface area contributed by atoms with E-state index >= 15 is 0 Å². The highest BCUT2D eigenvalue weighted by Crippen LogP contribution is 2.15. The minimum atomic E-state index is -0.0690. The van der Waals surface area contributed by atoms with Crippen molar-refractivity contribution in [3.05, 3.63) is 34.9 Å². The summed E-state index contributed by atoms with van der Waals surface area (Å²) in [6, 6.07) is -0.0690. The Bertz CT molecular complexity index is 752. The van der Waals surface area contributed by atoms with Gasteiger partial charge in [0.25, 0.3) is 0 Å². The standard InChI is InChI=1S/C25H46N6O2/c1-9-10-19(4)25(28-7)29-24(11-12-30(8)21(6)33)20(5)16-22(15-18(2)3)23(26)17-31(27)13-14-32/h10,15-16,18,24,26,32H,9,11-14,17,27H2,1-8H3,(H,28,29)/b19-10?,20-16+,22-15+,26-23?. The van der Waals surface area contributed by atoms with E-state index in [2.05, 4.69) is 43.2 Å². The smallest absolute Gasteiger partial charge is 0.219 e. The van der Waals surface area contributed by atoms with Crippen LogP contribution in [0.4, 0.5) is 0 Å². The molecule has 0 fully saturated rings. The maximum atomic E-state index is 11.7. The molecule has 8 heteroatoms. The highest BCUT2D eigenvalue weighted by atomic mass is 16.3. The number of aliphatic hydroxyl groups is 1. The van der Waals surface area contributed by atoms with Crippen molar-refractivity contribution >= 4 is 17.5 Å². The predicted molar refractivity (Wildman–Crippen MR) is 140 cm³/mol. The number of hydrazine groups is 1. The number of allylic oxidation sites excluding steroid dienone is 3. The lowest BCUT2D eigenvalue weighted by molar-refractivity contribution is -0.127. The molecule has 0 spiro atoms. The van der Waals surface area contributed by atoms with Gasteiger partial charge in [0.05, 0.1) is 24.9 Å². The van der Waals surface area contributed by atoms with E-state index in [1.54, 1.807) is 25.9 Å². The molecule has 8 nitrogen and oxygen atoms in total. The first-order valence-electron chi connectivity index (χ1n) is 11.7. The average Bonchev–Trinajstić information content (AvgIpc) is 2.72. The van der Waals surface area contributed by atoms with Crippen LogP contribution < -0.4 is 11.2 Å². The number of nitrogens with one attached hydrogen (secondary N) is 2. The first-order valence-corrected chi connectivity index (χ1v) is 11.7. The topological polar surface area (TPSA) is 118 Å². The molecule has 1 atom stereocenters. The van der Waals surface area contributed by atoms with E-state index in [9.17, 15) is 4.79 Å². The van der Waals surface area contributed by atoms with Gasteiger partial charge in [-0.2, -0.15) is 0 Å². The number of amidine groups is 1. The van der Waals surface area contributed by atoms with Crippen LogP contribution in [0.15, 0.2) is 39.9 Å². The van der Waals surface area contributed by atoms with E-state index in [1.165, 1.54) is 5.01 Å². The Kier molecular flexibility index (Phi) is 15.2. The number of carbonyl (C=O) groups is 1. The van der Waals surface area contributed by atoms with Gasteiger partial charge in [0, 0.05) is 34.1 Å². The second kappa shape index (κ2) is 16.3. The molecule has 0 heterocycles. The van der Waals surface area contributed by atoms with Gasteiger partial charge in [0.15, 0.2) is 0 Å². The molecule has 1 unspecified atom stereocenters. The van der Waals surface area contributed by atoms with E-state index in [4.69, 9.17) is 16.4 Å². The minimum absolute atomic E-state index is 0.0240. The van der Waals surface area contributed by atoms with Crippen LogP contribution in [-0.2, 0) is 4.79 Å². The molecule has 0 aromatic heterocycles. The zero-order chi connectivity index (χ0) is 25.6. The normalized spacial score (nSPS) is 14.7. The largest absolute Gasteiger partial charge is 0.395 e. The highest BCUT2D eigenvalue weighted by molar-refractivity contribution is 6.02. The fourth-order valence-electron chi connectivity index (χ4n) is 3.26. The van der Waals surface area contributed by atoms with E-state index in [0.29, 0.717) is 25.2 Å². The van der Waals surface area contributed by atoms with Gasteiger partial charge in [-0.1, -0.05) is 44.6 Å². The molecular formula is C25H46N6O2. The van der Waals surface area contributed by atoms with E-state index in [1.807, 2.05) is 19.9 Å². The summed E-state index contributed by atoms with van der Waals surface area (Å²) in [6.07, 6.45) is 7.82. The molecule has 0 aliphatic heterocycles. The first kappa shape index (κ1) is 30.7. The summed E-state index contributed by atoms with van der Waals surface area (Å²) < 4.78 is 0. The number of amides is 1. The van der Waals surface area contributed by atoms with Crippen molar-refractivity contribution in [3.8, 4) is 0 Å². The van der Waals surface area contributed by atoms with Gasteiger partial charge in [-0.05, 0) is 43.8 Å². The van der Waals surface area contributed by atoms with E-state index < -0.39 is 0 Å². The summed E-state index contributed by atoms with van der Waals surface area (Å²) in [5.41, 5.74) is 3.31. The monoisotopic (exact) mass is 462 g/mol. The SMILES string of the molecule is CCC=C(C)C(=NC)NC(CCN(C)C(C)=O)/C(C)=C/C(=C\C(C)C)C(=N)CN(N)CCO. The first-order chi connectivity index (χ1) is 15.5. The Hall–Kier alpha value is -2.29. The quantitative estimate of drug-likeness (QED) is 0.104. The van der Waals surface area contributed by atoms with Crippen LogP contribution >= 0.6 is 0 Å². The molecule has 0 aromatic rings. The van der Waals surface area contributed by atoms with Gasteiger partial charge in [0.2, 0.25) is 5.91 Å². The van der Waals surface area contributed by atoms with E-state index in [0.717, 1.165) is 29.0 Å². The number of hydrogen-bond acceptors (Lipinski definition) is 6. The van der Waals surface area contributed by atoms with Gasteiger partial charge in [-0.25, -0.2) is 5.01 Å². The highest BCUT2D eigenvalue weighted by Gasteiger charge is 2.17. The van der Waals surface area contributed by atoms with Gasteiger partial charge in [-0.15, -0.1) is 0 Å². The summed E-state index contributed by atoms with van der Waals surface area (Å²) in [5, 5.41) is 22.7. The summed E-state index contributed by atoms with van der Waals surface area (Å²) in [5.74, 6) is 7.01. The number of aliphatic imine (C=N–C) groups is 1. The summed E-state index contributed by atoms with van der Waals surface area (Å²) >= 11 is 0. The molecule has 33 heavy (non-hydrogen) atoms. The zero-order valence-corrected chi connectivity index (χ0v) is 21.9. The molecule has 0 aliphatic carbocycles. The van der Waals surface area contributed by atoms with Crippen molar-refractivity contribution in [2.24, 2.45) is 16.8 Å². The Morgan fingerprint density at radius 2 is 1.88 bits per heavy atom.